The average Bonchev–Trinajstić information content (AvgIpc) is 2.54. The number of rotatable bonds is 7. The van der Waals surface area contributed by atoms with Crippen LogP contribution in [-0.4, -0.2) is 19.1 Å². The Hall–Kier alpha value is -1.55. The molecule has 0 aliphatic heterocycles. The third kappa shape index (κ3) is 3.02. The molecule has 4 heteroatoms. The summed E-state index contributed by atoms with van der Waals surface area (Å²) >= 11 is 0. The molecule has 26 heavy (non-hydrogen) atoms. The Kier molecular flexibility index (Phi) is 4.50. The molecule has 5 rings (SSSR count). The van der Waals surface area contributed by atoms with Crippen LogP contribution in [0.3, 0.4) is 0 Å². The van der Waals surface area contributed by atoms with Crippen LogP contribution < -0.4 is 16.2 Å². The Bertz CT molecular complexity index is 685. The summed E-state index contributed by atoms with van der Waals surface area (Å²) < 4.78 is 6.02. The maximum atomic E-state index is 11.8. The normalized spacial score (nSPS) is 34.8. The molecule has 0 radical (unpaired) electrons. The van der Waals surface area contributed by atoms with E-state index in [1.165, 1.54) is 43.2 Å². The molecular weight excluding hydrogens is 324 g/mol. The van der Waals surface area contributed by atoms with E-state index in [-0.39, 0.29) is 16.7 Å². The van der Waals surface area contributed by atoms with E-state index in [1.54, 1.807) is 0 Å². The first kappa shape index (κ1) is 17.8. The molecule has 4 bridgehead atoms. The van der Waals surface area contributed by atoms with Gasteiger partial charge in [0.15, 0.2) is 0 Å². The van der Waals surface area contributed by atoms with Crippen molar-refractivity contribution in [1.29, 1.82) is 0 Å². The molecular formula is C22H32N2O2. The lowest BCUT2D eigenvalue weighted by Gasteiger charge is -2.62. The minimum Gasteiger partial charge on any atom is -0.493 e. The highest BCUT2D eigenvalue weighted by molar-refractivity contribution is 5.74. The molecule has 0 spiro atoms. The second-order valence-electron chi connectivity index (χ2n) is 9.30. The van der Waals surface area contributed by atoms with Crippen molar-refractivity contribution >= 4 is 5.91 Å². The summed E-state index contributed by atoms with van der Waals surface area (Å²) in [6.07, 6.45) is 8.80. The molecule has 142 valence electrons. The van der Waals surface area contributed by atoms with Crippen LogP contribution in [0.4, 0.5) is 0 Å². The predicted octanol–water partition coefficient (Wildman–Crippen LogP) is 3.44. The van der Waals surface area contributed by atoms with E-state index in [0.717, 1.165) is 30.4 Å². The van der Waals surface area contributed by atoms with Gasteiger partial charge < -0.3 is 16.2 Å². The maximum absolute atomic E-state index is 11.8. The van der Waals surface area contributed by atoms with E-state index in [0.29, 0.717) is 19.6 Å². The first-order valence-electron chi connectivity index (χ1n) is 10.2. The molecule has 4 nitrogen and oxygen atoms in total. The van der Waals surface area contributed by atoms with Crippen LogP contribution in [0, 0.1) is 24.2 Å². The van der Waals surface area contributed by atoms with Gasteiger partial charge in [-0.1, -0.05) is 12.1 Å². The zero-order valence-electron chi connectivity index (χ0n) is 15.9. The number of primary amides is 1. The first-order chi connectivity index (χ1) is 12.5. The van der Waals surface area contributed by atoms with E-state index in [4.69, 9.17) is 16.2 Å². The Morgan fingerprint density at radius 2 is 1.96 bits per heavy atom. The average molecular weight is 357 g/mol. The second-order valence-corrected chi connectivity index (χ2v) is 9.30. The highest BCUT2D eigenvalue weighted by atomic mass is 16.5. The van der Waals surface area contributed by atoms with Crippen LogP contribution >= 0.6 is 0 Å². The van der Waals surface area contributed by atoms with E-state index in [2.05, 4.69) is 25.1 Å². The van der Waals surface area contributed by atoms with Crippen LogP contribution in [-0.2, 0) is 10.2 Å². The van der Waals surface area contributed by atoms with Crippen LogP contribution in [0.2, 0.25) is 0 Å². The molecule has 0 heterocycles. The number of hydrogen-bond acceptors (Lipinski definition) is 3. The number of benzene rings is 1. The Labute approximate surface area is 156 Å². The number of carbonyl (C=O) groups is 1. The van der Waals surface area contributed by atoms with Gasteiger partial charge in [-0.3, -0.25) is 4.79 Å². The maximum Gasteiger partial charge on any atom is 0.217 e. The lowest BCUT2D eigenvalue weighted by atomic mass is 9.42. The van der Waals surface area contributed by atoms with Crippen molar-refractivity contribution in [2.45, 2.75) is 63.7 Å². The molecule has 0 aromatic heterocycles. The smallest absolute Gasteiger partial charge is 0.217 e. The molecule has 0 saturated heterocycles. The van der Waals surface area contributed by atoms with Crippen molar-refractivity contribution in [3.8, 4) is 5.75 Å². The van der Waals surface area contributed by atoms with Crippen molar-refractivity contribution in [3.05, 3.63) is 29.3 Å². The van der Waals surface area contributed by atoms with Crippen molar-refractivity contribution < 1.29 is 9.53 Å². The fourth-order valence-electron chi connectivity index (χ4n) is 6.95. The van der Waals surface area contributed by atoms with Gasteiger partial charge in [0.25, 0.3) is 0 Å². The molecule has 4 saturated carbocycles. The fourth-order valence-corrected chi connectivity index (χ4v) is 6.95. The Morgan fingerprint density at radius 3 is 2.62 bits per heavy atom. The monoisotopic (exact) mass is 356 g/mol. The topological polar surface area (TPSA) is 78.3 Å². The molecule has 2 atom stereocenters. The standard InChI is InChI=1S/C22H32N2O2/c1-15-18(4-2-5-19(15)26-7-3-6-23)22-11-16-8-17(12-22)10-21(9-16,14-22)13-20(24)25/h2,4-5,16-17H,3,6-14,23H2,1H3,(H2,24,25). The molecule has 4 fully saturated rings. The second kappa shape index (κ2) is 6.56. The zero-order valence-corrected chi connectivity index (χ0v) is 15.9. The van der Waals surface area contributed by atoms with Gasteiger partial charge in [-0.25, -0.2) is 0 Å². The summed E-state index contributed by atoms with van der Waals surface area (Å²) in [4.78, 5) is 11.8. The van der Waals surface area contributed by atoms with Crippen molar-refractivity contribution in [2.24, 2.45) is 28.7 Å². The van der Waals surface area contributed by atoms with Gasteiger partial charge in [0.2, 0.25) is 5.91 Å². The summed E-state index contributed by atoms with van der Waals surface area (Å²) in [6, 6.07) is 6.52. The molecule has 2 unspecified atom stereocenters. The summed E-state index contributed by atoms with van der Waals surface area (Å²) in [5.74, 6) is 2.36. The minimum absolute atomic E-state index is 0.127. The highest BCUT2D eigenvalue weighted by Crippen LogP contribution is 2.67. The zero-order chi connectivity index (χ0) is 18.4. The van der Waals surface area contributed by atoms with Crippen LogP contribution in [0.5, 0.6) is 5.75 Å². The third-order valence-corrected chi connectivity index (χ3v) is 7.19. The Balaban J connectivity index is 1.67. The molecule has 1 amide bonds. The minimum atomic E-state index is -0.127. The molecule has 1 aromatic rings. The fraction of sp³-hybridized carbons (Fsp3) is 0.682. The molecule has 4 aliphatic carbocycles. The van der Waals surface area contributed by atoms with Crippen LogP contribution in [0.15, 0.2) is 18.2 Å². The van der Waals surface area contributed by atoms with E-state index >= 15 is 0 Å². The largest absolute Gasteiger partial charge is 0.493 e. The molecule has 1 aromatic carbocycles. The van der Waals surface area contributed by atoms with E-state index in [1.807, 2.05) is 0 Å². The SMILES string of the molecule is Cc1c(OCCCN)cccc1C12CC3CC(CC(CC(N)=O)(C3)C1)C2. The number of hydrogen-bond donors (Lipinski definition) is 2. The van der Waals surface area contributed by atoms with Crippen molar-refractivity contribution in [3.63, 3.8) is 0 Å². The lowest BCUT2D eigenvalue weighted by molar-refractivity contribution is -0.128. The van der Waals surface area contributed by atoms with E-state index < -0.39 is 0 Å². The van der Waals surface area contributed by atoms with Gasteiger partial charge in [0.1, 0.15) is 5.75 Å². The lowest BCUT2D eigenvalue weighted by Crippen LogP contribution is -2.55. The van der Waals surface area contributed by atoms with Crippen molar-refractivity contribution in [2.75, 3.05) is 13.2 Å². The van der Waals surface area contributed by atoms with Gasteiger partial charge in [-0.15, -0.1) is 0 Å². The number of nitrogens with two attached hydrogens (primary N) is 2. The molecule has 4 N–H and O–H groups in total. The number of amides is 1. The third-order valence-electron chi connectivity index (χ3n) is 7.19. The van der Waals surface area contributed by atoms with Crippen LogP contribution in [0.1, 0.15) is 62.5 Å². The van der Waals surface area contributed by atoms with E-state index in [9.17, 15) is 4.79 Å². The number of carbonyl (C=O) groups excluding carboxylic acids is 1. The summed E-state index contributed by atoms with van der Waals surface area (Å²) in [5.41, 5.74) is 14.3. The molecule has 4 aliphatic rings. The quantitative estimate of drug-likeness (QED) is 0.735. The predicted molar refractivity (Wildman–Crippen MR) is 103 cm³/mol. The van der Waals surface area contributed by atoms with Gasteiger partial charge in [0, 0.05) is 6.42 Å². The summed E-state index contributed by atoms with van der Waals surface area (Å²) in [5, 5.41) is 0. The summed E-state index contributed by atoms with van der Waals surface area (Å²) in [7, 11) is 0. The van der Waals surface area contributed by atoms with Gasteiger partial charge in [-0.2, -0.15) is 0 Å². The Morgan fingerprint density at radius 1 is 1.23 bits per heavy atom. The van der Waals surface area contributed by atoms with Gasteiger partial charge in [-0.05, 0) is 98.3 Å². The van der Waals surface area contributed by atoms with Crippen molar-refractivity contribution in [1.82, 2.24) is 0 Å². The van der Waals surface area contributed by atoms with Gasteiger partial charge in [0.05, 0.1) is 6.61 Å². The van der Waals surface area contributed by atoms with Crippen LogP contribution in [0.25, 0.3) is 0 Å². The highest BCUT2D eigenvalue weighted by Gasteiger charge is 2.58. The first-order valence-corrected chi connectivity index (χ1v) is 10.2. The number of ether oxygens (including phenoxy) is 1. The summed E-state index contributed by atoms with van der Waals surface area (Å²) in [6.45, 7) is 3.53. The van der Waals surface area contributed by atoms with Gasteiger partial charge >= 0.3 is 0 Å².